The summed E-state index contributed by atoms with van der Waals surface area (Å²) in [5, 5.41) is 7.11. The Labute approximate surface area is 161 Å². The van der Waals surface area contributed by atoms with Crippen LogP contribution in [0.2, 0.25) is 0 Å². The standard InChI is InChI=1S/C20H21N5O3/c26-18-20(8-3-4-9-20)24-19(27)25(18)11-5-10-21-17-16-15(22-12-23-17)13-6-1-2-7-14(13)28-16/h1-2,6-7,12H,3-5,8-11H2,(H,24,27)(H,21,22,23). The van der Waals surface area contributed by atoms with Crippen LogP contribution in [0.15, 0.2) is 35.0 Å². The maximum atomic E-state index is 12.7. The first kappa shape index (κ1) is 17.0. The Hall–Kier alpha value is -3.16. The number of nitrogens with zero attached hydrogens (tertiary/aromatic N) is 3. The number of carbonyl (C=O) groups excluding carboxylic acids is 2. The van der Waals surface area contributed by atoms with E-state index in [2.05, 4.69) is 20.6 Å². The van der Waals surface area contributed by atoms with Crippen LogP contribution in [-0.4, -0.2) is 45.4 Å². The monoisotopic (exact) mass is 379 g/mol. The van der Waals surface area contributed by atoms with Crippen LogP contribution in [0.5, 0.6) is 0 Å². The highest BCUT2D eigenvalue weighted by Crippen LogP contribution is 2.35. The van der Waals surface area contributed by atoms with E-state index in [0.717, 1.165) is 42.2 Å². The van der Waals surface area contributed by atoms with Gasteiger partial charge in [0.1, 0.15) is 23.0 Å². The number of aromatic nitrogens is 2. The first-order valence-electron chi connectivity index (χ1n) is 9.68. The van der Waals surface area contributed by atoms with E-state index in [1.807, 2.05) is 24.3 Å². The minimum absolute atomic E-state index is 0.0725. The third-order valence-corrected chi connectivity index (χ3v) is 5.71. The Bertz CT molecular complexity index is 1070. The highest BCUT2D eigenvalue weighted by molar-refractivity contribution is 6.07. The van der Waals surface area contributed by atoms with Crippen molar-refractivity contribution in [2.75, 3.05) is 18.4 Å². The first-order chi connectivity index (χ1) is 13.7. The lowest BCUT2D eigenvalue weighted by Gasteiger charge is -2.20. The Morgan fingerprint density at radius 2 is 2.00 bits per heavy atom. The van der Waals surface area contributed by atoms with Crippen molar-refractivity contribution in [1.82, 2.24) is 20.2 Å². The molecule has 0 unspecified atom stereocenters. The van der Waals surface area contributed by atoms with Gasteiger partial charge in [-0.25, -0.2) is 14.8 Å². The number of benzene rings is 1. The zero-order valence-corrected chi connectivity index (χ0v) is 15.4. The molecule has 1 aliphatic heterocycles. The van der Waals surface area contributed by atoms with Gasteiger partial charge in [-0.05, 0) is 31.4 Å². The summed E-state index contributed by atoms with van der Waals surface area (Å²) in [6, 6.07) is 7.46. The number of furan rings is 1. The van der Waals surface area contributed by atoms with Crippen LogP contribution in [0.25, 0.3) is 22.1 Å². The van der Waals surface area contributed by atoms with E-state index in [0.29, 0.717) is 30.9 Å². The summed E-state index contributed by atoms with van der Waals surface area (Å²) >= 11 is 0. The quantitative estimate of drug-likeness (QED) is 0.522. The summed E-state index contributed by atoms with van der Waals surface area (Å²) < 4.78 is 5.90. The average Bonchev–Trinajstić information content (AvgIpc) is 3.38. The van der Waals surface area contributed by atoms with Gasteiger partial charge in [0.25, 0.3) is 5.91 Å². The fraction of sp³-hybridized carbons (Fsp3) is 0.400. The number of amides is 3. The maximum Gasteiger partial charge on any atom is 0.325 e. The van der Waals surface area contributed by atoms with Gasteiger partial charge in [0.2, 0.25) is 0 Å². The predicted molar refractivity (Wildman–Crippen MR) is 104 cm³/mol. The fourth-order valence-corrected chi connectivity index (χ4v) is 4.29. The molecule has 0 atom stereocenters. The lowest BCUT2D eigenvalue weighted by molar-refractivity contribution is -0.131. The molecule has 8 nitrogen and oxygen atoms in total. The molecule has 1 saturated heterocycles. The molecule has 3 heterocycles. The van der Waals surface area contributed by atoms with Gasteiger partial charge < -0.3 is 15.1 Å². The molecule has 28 heavy (non-hydrogen) atoms. The molecule has 3 amide bonds. The minimum Gasteiger partial charge on any atom is -0.450 e. The summed E-state index contributed by atoms with van der Waals surface area (Å²) in [7, 11) is 0. The zero-order valence-electron chi connectivity index (χ0n) is 15.4. The number of nitrogens with one attached hydrogen (secondary N) is 2. The summed E-state index contributed by atoms with van der Waals surface area (Å²) in [6.07, 6.45) is 5.61. The Morgan fingerprint density at radius 3 is 2.86 bits per heavy atom. The SMILES string of the molecule is O=C1NC2(CCCC2)C(=O)N1CCCNc1ncnc2c1oc1ccccc12. The number of anilines is 1. The number of carbonyl (C=O) groups is 2. The highest BCUT2D eigenvalue weighted by Gasteiger charge is 2.51. The second kappa shape index (κ2) is 6.47. The molecule has 1 saturated carbocycles. The van der Waals surface area contributed by atoms with Crippen LogP contribution in [0.1, 0.15) is 32.1 Å². The molecule has 0 radical (unpaired) electrons. The molecular weight excluding hydrogens is 358 g/mol. The van der Waals surface area contributed by atoms with Crippen LogP contribution in [-0.2, 0) is 4.79 Å². The number of imide groups is 1. The second-order valence-electron chi connectivity index (χ2n) is 7.45. The molecule has 5 rings (SSSR count). The molecule has 2 fully saturated rings. The lowest BCUT2D eigenvalue weighted by Crippen LogP contribution is -2.44. The molecule has 1 aromatic carbocycles. The van der Waals surface area contributed by atoms with Crippen LogP contribution < -0.4 is 10.6 Å². The molecule has 8 heteroatoms. The maximum absolute atomic E-state index is 12.7. The van der Waals surface area contributed by atoms with Crippen molar-refractivity contribution >= 4 is 39.8 Å². The van der Waals surface area contributed by atoms with Crippen LogP contribution >= 0.6 is 0 Å². The average molecular weight is 379 g/mol. The van der Waals surface area contributed by atoms with E-state index in [9.17, 15) is 9.59 Å². The lowest BCUT2D eigenvalue weighted by atomic mass is 9.98. The molecule has 1 aliphatic carbocycles. The first-order valence-corrected chi connectivity index (χ1v) is 9.68. The van der Waals surface area contributed by atoms with Gasteiger partial charge in [0.05, 0.1) is 0 Å². The molecule has 3 aromatic rings. The third-order valence-electron chi connectivity index (χ3n) is 5.71. The Balaban J connectivity index is 1.25. The number of hydrogen-bond acceptors (Lipinski definition) is 6. The van der Waals surface area contributed by atoms with E-state index in [1.165, 1.54) is 11.2 Å². The summed E-state index contributed by atoms with van der Waals surface area (Å²) in [5.74, 6) is 0.544. The molecule has 1 spiro atoms. The van der Waals surface area contributed by atoms with Crippen LogP contribution in [0.4, 0.5) is 10.6 Å². The van der Waals surface area contributed by atoms with E-state index in [1.54, 1.807) is 0 Å². The highest BCUT2D eigenvalue weighted by atomic mass is 16.3. The molecule has 2 N–H and O–H groups in total. The second-order valence-corrected chi connectivity index (χ2v) is 7.45. The molecular formula is C20H21N5O3. The van der Waals surface area contributed by atoms with Crippen molar-refractivity contribution in [2.24, 2.45) is 0 Å². The number of rotatable bonds is 5. The topological polar surface area (TPSA) is 100 Å². The number of hydrogen-bond donors (Lipinski definition) is 2. The van der Waals surface area contributed by atoms with Gasteiger partial charge >= 0.3 is 6.03 Å². The van der Waals surface area contributed by atoms with Crippen molar-refractivity contribution in [2.45, 2.75) is 37.6 Å². The Morgan fingerprint density at radius 1 is 1.18 bits per heavy atom. The van der Waals surface area contributed by atoms with Crippen molar-refractivity contribution in [1.29, 1.82) is 0 Å². The van der Waals surface area contributed by atoms with Gasteiger partial charge in [-0.2, -0.15) is 0 Å². The summed E-state index contributed by atoms with van der Waals surface area (Å²) in [6.45, 7) is 0.945. The van der Waals surface area contributed by atoms with Crippen molar-refractivity contribution in [3.63, 3.8) is 0 Å². The van der Waals surface area contributed by atoms with E-state index < -0.39 is 5.54 Å². The molecule has 144 valence electrons. The number of fused-ring (bicyclic) bond motifs is 3. The number of para-hydroxylation sites is 1. The molecule has 2 aliphatic rings. The van der Waals surface area contributed by atoms with Crippen molar-refractivity contribution < 1.29 is 14.0 Å². The van der Waals surface area contributed by atoms with E-state index in [-0.39, 0.29) is 11.9 Å². The Kier molecular flexibility index (Phi) is 3.92. The van der Waals surface area contributed by atoms with E-state index >= 15 is 0 Å². The van der Waals surface area contributed by atoms with Crippen LogP contribution in [0, 0.1) is 0 Å². The molecule has 0 bridgehead atoms. The van der Waals surface area contributed by atoms with Crippen molar-refractivity contribution in [3.05, 3.63) is 30.6 Å². The van der Waals surface area contributed by atoms with Crippen LogP contribution in [0.3, 0.4) is 0 Å². The number of urea groups is 1. The normalized spacial score (nSPS) is 18.5. The van der Waals surface area contributed by atoms with Gasteiger partial charge in [0.15, 0.2) is 11.4 Å². The van der Waals surface area contributed by atoms with Gasteiger partial charge in [-0.3, -0.25) is 9.69 Å². The van der Waals surface area contributed by atoms with Crippen molar-refractivity contribution in [3.8, 4) is 0 Å². The van der Waals surface area contributed by atoms with E-state index in [4.69, 9.17) is 4.42 Å². The van der Waals surface area contributed by atoms with Gasteiger partial charge in [-0.15, -0.1) is 0 Å². The van der Waals surface area contributed by atoms with Gasteiger partial charge in [-0.1, -0.05) is 25.0 Å². The van der Waals surface area contributed by atoms with Gasteiger partial charge in [0, 0.05) is 18.5 Å². The summed E-state index contributed by atoms with van der Waals surface area (Å²) in [5.41, 5.74) is 1.51. The minimum atomic E-state index is -0.641. The smallest absolute Gasteiger partial charge is 0.325 e. The zero-order chi connectivity index (χ0) is 19.1. The third kappa shape index (κ3) is 2.59. The predicted octanol–water partition coefficient (Wildman–Crippen LogP) is 3.04. The largest absolute Gasteiger partial charge is 0.450 e. The summed E-state index contributed by atoms with van der Waals surface area (Å²) in [4.78, 5) is 34.9. The fourth-order valence-electron chi connectivity index (χ4n) is 4.29. The molecule has 2 aromatic heterocycles.